The van der Waals surface area contributed by atoms with E-state index >= 15 is 0 Å². The number of ether oxygens (including phenoxy) is 1. The van der Waals surface area contributed by atoms with Gasteiger partial charge in [0.05, 0.1) is 12.0 Å². The minimum Gasteiger partial charge on any atom is -0.497 e. The third-order valence-electron chi connectivity index (χ3n) is 2.71. The highest BCUT2D eigenvalue weighted by Crippen LogP contribution is 2.24. The molecule has 3 aromatic rings. The van der Waals surface area contributed by atoms with E-state index in [0.29, 0.717) is 16.5 Å². The number of thiophene rings is 1. The van der Waals surface area contributed by atoms with Gasteiger partial charge in [-0.05, 0) is 29.6 Å². The van der Waals surface area contributed by atoms with Crippen LogP contribution in [0, 0.1) is 0 Å². The van der Waals surface area contributed by atoms with Crippen LogP contribution in [0.3, 0.4) is 0 Å². The number of rotatable bonds is 4. The molecule has 0 atom stereocenters. The zero-order valence-electron chi connectivity index (χ0n) is 11.1. The molecule has 0 radical (unpaired) electrons. The molecule has 106 valence electrons. The second-order valence-corrected chi connectivity index (χ2v) is 5.02. The number of carbonyl (C=O) groups excluding carboxylic acids is 1. The topological polar surface area (TPSA) is 77.3 Å². The minimum absolute atomic E-state index is 0.0613. The van der Waals surface area contributed by atoms with Crippen LogP contribution in [0.25, 0.3) is 11.5 Å². The third kappa shape index (κ3) is 2.92. The monoisotopic (exact) mass is 301 g/mol. The van der Waals surface area contributed by atoms with Gasteiger partial charge in [-0.25, -0.2) is 0 Å². The molecule has 0 aliphatic rings. The Balaban J connectivity index is 1.78. The molecule has 3 rings (SSSR count). The van der Waals surface area contributed by atoms with E-state index in [0.717, 1.165) is 5.56 Å². The average molecular weight is 301 g/mol. The average Bonchev–Trinajstić information content (AvgIpc) is 3.18. The first-order valence-electron chi connectivity index (χ1n) is 6.09. The molecule has 0 fully saturated rings. The number of methoxy groups -OCH3 is 1. The lowest BCUT2D eigenvalue weighted by Crippen LogP contribution is -2.10. The molecule has 1 aromatic carbocycles. The van der Waals surface area contributed by atoms with Crippen LogP contribution in [0.1, 0.15) is 9.67 Å². The van der Waals surface area contributed by atoms with Crippen molar-refractivity contribution in [1.29, 1.82) is 0 Å². The fourth-order valence-corrected chi connectivity index (χ4v) is 2.33. The number of amides is 1. The van der Waals surface area contributed by atoms with E-state index < -0.39 is 0 Å². The van der Waals surface area contributed by atoms with Gasteiger partial charge in [0.25, 0.3) is 5.91 Å². The Hall–Kier alpha value is -2.67. The molecule has 0 spiro atoms. The van der Waals surface area contributed by atoms with Gasteiger partial charge in [0, 0.05) is 5.56 Å². The van der Waals surface area contributed by atoms with Crippen molar-refractivity contribution in [3.8, 4) is 17.2 Å². The lowest BCUT2D eigenvalue weighted by Gasteiger charge is -2.00. The first kappa shape index (κ1) is 13.3. The van der Waals surface area contributed by atoms with Gasteiger partial charge in [0.15, 0.2) is 0 Å². The Morgan fingerprint density at radius 1 is 1.29 bits per heavy atom. The molecule has 0 bridgehead atoms. The number of nitrogens with one attached hydrogen (secondary N) is 1. The lowest BCUT2D eigenvalue weighted by atomic mass is 10.2. The van der Waals surface area contributed by atoms with E-state index in [1.54, 1.807) is 25.3 Å². The summed E-state index contributed by atoms with van der Waals surface area (Å²) in [5.74, 6) is 0.732. The van der Waals surface area contributed by atoms with E-state index in [-0.39, 0.29) is 11.9 Å². The van der Waals surface area contributed by atoms with Crippen molar-refractivity contribution >= 4 is 23.3 Å². The van der Waals surface area contributed by atoms with Crippen LogP contribution in [0.15, 0.2) is 46.2 Å². The summed E-state index contributed by atoms with van der Waals surface area (Å²) < 4.78 is 10.6. The smallest absolute Gasteiger partial charge is 0.322 e. The Labute approximate surface area is 124 Å². The molecule has 0 saturated carbocycles. The van der Waals surface area contributed by atoms with Crippen molar-refractivity contribution < 1.29 is 13.9 Å². The van der Waals surface area contributed by atoms with Crippen LogP contribution in [0.5, 0.6) is 5.75 Å². The van der Waals surface area contributed by atoms with Gasteiger partial charge in [-0.2, -0.15) is 0 Å². The van der Waals surface area contributed by atoms with E-state index in [9.17, 15) is 4.79 Å². The van der Waals surface area contributed by atoms with Gasteiger partial charge in [-0.1, -0.05) is 17.2 Å². The van der Waals surface area contributed by atoms with E-state index in [2.05, 4.69) is 15.5 Å². The first-order valence-corrected chi connectivity index (χ1v) is 6.97. The normalized spacial score (nSPS) is 10.3. The maximum Gasteiger partial charge on any atom is 0.322 e. The van der Waals surface area contributed by atoms with Crippen LogP contribution in [-0.2, 0) is 0 Å². The molecule has 2 aromatic heterocycles. The highest BCUT2D eigenvalue weighted by atomic mass is 32.1. The summed E-state index contributed by atoms with van der Waals surface area (Å²) in [5.41, 5.74) is 0.721. The van der Waals surface area contributed by atoms with Crippen LogP contribution in [0.2, 0.25) is 0 Å². The van der Waals surface area contributed by atoms with Crippen LogP contribution < -0.4 is 10.1 Å². The van der Waals surface area contributed by atoms with E-state index in [1.165, 1.54) is 11.3 Å². The van der Waals surface area contributed by atoms with Gasteiger partial charge in [0.2, 0.25) is 5.89 Å². The van der Waals surface area contributed by atoms with Gasteiger partial charge in [0.1, 0.15) is 5.75 Å². The highest BCUT2D eigenvalue weighted by molar-refractivity contribution is 7.12. The largest absolute Gasteiger partial charge is 0.497 e. The van der Waals surface area contributed by atoms with E-state index in [4.69, 9.17) is 9.15 Å². The van der Waals surface area contributed by atoms with Crippen LogP contribution >= 0.6 is 11.3 Å². The van der Waals surface area contributed by atoms with Crippen molar-refractivity contribution in [2.24, 2.45) is 0 Å². The number of hydrogen-bond acceptors (Lipinski definition) is 6. The molecule has 6 nitrogen and oxygen atoms in total. The predicted molar refractivity (Wildman–Crippen MR) is 78.6 cm³/mol. The maximum absolute atomic E-state index is 11.9. The lowest BCUT2D eigenvalue weighted by molar-refractivity contribution is 0.102. The standard InChI is InChI=1S/C14H11N3O3S/c1-19-10-5-2-4-9(8-10)13-16-17-14(20-13)15-12(18)11-6-3-7-21-11/h2-8H,1H3,(H,15,17,18). The maximum atomic E-state index is 11.9. The summed E-state index contributed by atoms with van der Waals surface area (Å²) in [6.45, 7) is 0. The number of aromatic nitrogens is 2. The summed E-state index contributed by atoms with van der Waals surface area (Å²) in [5, 5.41) is 12.1. The van der Waals surface area contributed by atoms with Crippen molar-refractivity contribution in [2.75, 3.05) is 12.4 Å². The molecule has 7 heteroatoms. The van der Waals surface area contributed by atoms with Crippen molar-refractivity contribution in [1.82, 2.24) is 10.2 Å². The van der Waals surface area contributed by atoms with Gasteiger partial charge in [-0.3, -0.25) is 10.1 Å². The molecule has 0 unspecified atom stereocenters. The fraction of sp³-hybridized carbons (Fsp3) is 0.0714. The first-order chi connectivity index (χ1) is 10.3. The molecule has 1 N–H and O–H groups in total. The van der Waals surface area contributed by atoms with Crippen LogP contribution in [0.4, 0.5) is 6.01 Å². The van der Waals surface area contributed by atoms with Gasteiger partial charge >= 0.3 is 6.01 Å². The minimum atomic E-state index is -0.272. The van der Waals surface area contributed by atoms with Crippen molar-refractivity contribution in [3.63, 3.8) is 0 Å². The summed E-state index contributed by atoms with van der Waals surface area (Å²) in [6.07, 6.45) is 0. The Morgan fingerprint density at radius 3 is 2.95 bits per heavy atom. The Bertz CT molecular complexity index is 752. The quantitative estimate of drug-likeness (QED) is 0.801. The molecule has 0 saturated heterocycles. The molecule has 0 aliphatic heterocycles. The SMILES string of the molecule is COc1cccc(-c2nnc(NC(=O)c3cccs3)o2)c1. The summed E-state index contributed by atoms with van der Waals surface area (Å²) in [6, 6.07) is 10.8. The number of benzene rings is 1. The zero-order chi connectivity index (χ0) is 14.7. The molecule has 0 aliphatic carbocycles. The Morgan fingerprint density at radius 2 is 2.19 bits per heavy atom. The molecule has 2 heterocycles. The molecule has 1 amide bonds. The highest BCUT2D eigenvalue weighted by Gasteiger charge is 2.13. The second-order valence-electron chi connectivity index (χ2n) is 4.08. The van der Waals surface area contributed by atoms with Crippen molar-refractivity contribution in [2.45, 2.75) is 0 Å². The van der Waals surface area contributed by atoms with Crippen LogP contribution in [-0.4, -0.2) is 23.2 Å². The second kappa shape index (κ2) is 5.76. The number of anilines is 1. The van der Waals surface area contributed by atoms with Crippen molar-refractivity contribution in [3.05, 3.63) is 46.7 Å². The van der Waals surface area contributed by atoms with E-state index in [1.807, 2.05) is 23.6 Å². The molecular formula is C14H11N3O3S. The van der Waals surface area contributed by atoms with Gasteiger partial charge in [-0.15, -0.1) is 16.4 Å². The number of carbonyl (C=O) groups is 1. The summed E-state index contributed by atoms with van der Waals surface area (Å²) in [7, 11) is 1.58. The predicted octanol–water partition coefficient (Wildman–Crippen LogP) is 3.06. The zero-order valence-corrected chi connectivity index (χ0v) is 11.9. The summed E-state index contributed by atoms with van der Waals surface area (Å²) in [4.78, 5) is 12.5. The fourth-order valence-electron chi connectivity index (χ4n) is 1.71. The molecule has 21 heavy (non-hydrogen) atoms. The molecular weight excluding hydrogens is 290 g/mol. The van der Waals surface area contributed by atoms with Gasteiger partial charge < -0.3 is 9.15 Å². The number of hydrogen-bond donors (Lipinski definition) is 1. The third-order valence-corrected chi connectivity index (χ3v) is 3.58. The number of nitrogens with zero attached hydrogens (tertiary/aromatic N) is 2. The Kier molecular flexibility index (Phi) is 3.65. The summed E-state index contributed by atoms with van der Waals surface area (Å²) >= 11 is 1.34.